The maximum absolute atomic E-state index is 13.3. The smallest absolute Gasteiger partial charge is 0.261 e. The van der Waals surface area contributed by atoms with E-state index in [1.54, 1.807) is 6.92 Å². The van der Waals surface area contributed by atoms with Crippen molar-refractivity contribution in [3.63, 3.8) is 0 Å². The summed E-state index contributed by atoms with van der Waals surface area (Å²) in [4.78, 5) is 9.67. The van der Waals surface area contributed by atoms with Gasteiger partial charge in [-0.2, -0.15) is 0 Å². The van der Waals surface area contributed by atoms with Gasteiger partial charge in [-0.3, -0.25) is 4.72 Å². The van der Waals surface area contributed by atoms with Gasteiger partial charge in [0.25, 0.3) is 10.0 Å². The number of hydrogen-bond donors (Lipinski definition) is 2. The van der Waals surface area contributed by atoms with Crippen molar-refractivity contribution in [2.24, 2.45) is 0 Å². The quantitative estimate of drug-likeness (QED) is 0.277. The molecule has 0 aliphatic carbocycles. The summed E-state index contributed by atoms with van der Waals surface area (Å²) in [6, 6.07) is 14.3. The van der Waals surface area contributed by atoms with E-state index in [0.717, 1.165) is 21.2 Å². The van der Waals surface area contributed by atoms with Crippen molar-refractivity contribution in [2.45, 2.75) is 30.6 Å². The first-order chi connectivity index (χ1) is 15.0. The molecule has 0 radical (unpaired) electrons. The second-order valence-electron chi connectivity index (χ2n) is 7.53. The molecule has 4 aromatic rings. The van der Waals surface area contributed by atoms with E-state index in [0.29, 0.717) is 27.3 Å². The number of anilines is 1. The molecule has 0 atom stereocenters. The zero-order chi connectivity index (χ0) is 23.2. The molecule has 0 spiro atoms. The van der Waals surface area contributed by atoms with Gasteiger partial charge in [0.1, 0.15) is 10.6 Å². The van der Waals surface area contributed by atoms with Crippen LogP contribution in [0.15, 0.2) is 62.8 Å². The summed E-state index contributed by atoms with van der Waals surface area (Å²) < 4.78 is 30.1. The first-order valence-corrected chi connectivity index (χ1v) is 12.7. The maximum Gasteiger partial charge on any atom is 0.264 e. The molecular weight excluding hydrogens is 530 g/mol. The number of aryl methyl sites for hydroxylation is 3. The first kappa shape index (κ1) is 23.0. The normalized spacial score (nSPS) is 11.7. The number of nitrogens with one attached hydrogen (secondary N) is 1. The van der Waals surface area contributed by atoms with Gasteiger partial charge in [0, 0.05) is 20.0 Å². The SMILES string of the molecule is Cc1cc2nc(NS(=O)(=O)c3cc(C)c(Cl)cc3S)c(-c3ccc(Br)cc3)nc2cc1C. The average Bonchev–Trinajstić information content (AvgIpc) is 2.72. The molecule has 1 heterocycles. The Kier molecular flexibility index (Phi) is 6.24. The second-order valence-corrected chi connectivity index (χ2v) is 11.0. The predicted molar refractivity (Wildman–Crippen MR) is 136 cm³/mol. The molecule has 1 N–H and O–H groups in total. The zero-order valence-electron chi connectivity index (χ0n) is 17.4. The molecule has 9 heteroatoms. The zero-order valence-corrected chi connectivity index (χ0v) is 21.5. The fraction of sp³-hybridized carbons (Fsp3) is 0.130. The lowest BCUT2D eigenvalue weighted by atomic mass is 10.1. The van der Waals surface area contributed by atoms with Crippen LogP contribution in [0.5, 0.6) is 0 Å². The van der Waals surface area contributed by atoms with Gasteiger partial charge in [-0.15, -0.1) is 12.6 Å². The van der Waals surface area contributed by atoms with Crippen molar-refractivity contribution in [2.75, 3.05) is 4.72 Å². The molecule has 0 aliphatic rings. The standard InChI is InChI=1S/C23H19BrClN3O2S2/c1-12-8-18-19(9-13(12)2)27-23(22(26-18)15-4-6-16(24)7-5-15)28-32(29,30)21-10-14(3)17(25)11-20(21)31/h4-11,31H,1-3H3,(H,27,28). The summed E-state index contributed by atoms with van der Waals surface area (Å²) >= 11 is 13.9. The number of rotatable bonds is 4. The molecule has 3 aromatic carbocycles. The van der Waals surface area contributed by atoms with E-state index in [2.05, 4.69) is 38.3 Å². The van der Waals surface area contributed by atoms with Crippen LogP contribution in [0.2, 0.25) is 5.02 Å². The summed E-state index contributed by atoms with van der Waals surface area (Å²) in [5.41, 5.74) is 5.21. The topological polar surface area (TPSA) is 72.0 Å². The summed E-state index contributed by atoms with van der Waals surface area (Å²) in [5.74, 6) is 0.142. The number of halogens is 2. The first-order valence-electron chi connectivity index (χ1n) is 9.62. The molecule has 1 aromatic heterocycles. The summed E-state index contributed by atoms with van der Waals surface area (Å²) in [6.07, 6.45) is 0. The number of nitrogens with zero attached hydrogens (tertiary/aromatic N) is 2. The van der Waals surface area contributed by atoms with E-state index in [9.17, 15) is 8.42 Å². The largest absolute Gasteiger partial charge is 0.264 e. The van der Waals surface area contributed by atoms with Crippen LogP contribution in [0.25, 0.3) is 22.3 Å². The van der Waals surface area contributed by atoms with Crippen molar-refractivity contribution in [1.82, 2.24) is 9.97 Å². The number of fused-ring (bicyclic) bond motifs is 1. The van der Waals surface area contributed by atoms with Gasteiger partial charge in [-0.25, -0.2) is 18.4 Å². The average molecular weight is 549 g/mol. The monoisotopic (exact) mass is 547 g/mol. The van der Waals surface area contributed by atoms with Gasteiger partial charge in [0.15, 0.2) is 5.82 Å². The minimum atomic E-state index is -4.01. The van der Waals surface area contributed by atoms with Crippen LogP contribution in [0.4, 0.5) is 5.82 Å². The number of aromatic nitrogens is 2. The third kappa shape index (κ3) is 4.50. The van der Waals surface area contributed by atoms with Gasteiger partial charge in [-0.05, 0) is 73.9 Å². The minimum absolute atomic E-state index is 0.0199. The number of sulfonamides is 1. The van der Waals surface area contributed by atoms with Gasteiger partial charge in [0.05, 0.1) is 11.0 Å². The van der Waals surface area contributed by atoms with E-state index in [4.69, 9.17) is 16.6 Å². The highest BCUT2D eigenvalue weighted by atomic mass is 79.9. The number of thiol groups is 1. The van der Waals surface area contributed by atoms with Gasteiger partial charge in [-0.1, -0.05) is 39.7 Å². The van der Waals surface area contributed by atoms with E-state index >= 15 is 0 Å². The molecule has 0 saturated heterocycles. The lowest BCUT2D eigenvalue weighted by molar-refractivity contribution is 0.599. The third-order valence-electron chi connectivity index (χ3n) is 5.16. The predicted octanol–water partition coefficient (Wildman–Crippen LogP) is 6.73. The highest BCUT2D eigenvalue weighted by Gasteiger charge is 2.23. The Morgan fingerprint density at radius 2 is 1.50 bits per heavy atom. The lowest BCUT2D eigenvalue weighted by Crippen LogP contribution is -2.16. The molecular formula is C23H19BrClN3O2S2. The Morgan fingerprint density at radius 1 is 0.906 bits per heavy atom. The Bertz CT molecular complexity index is 1470. The van der Waals surface area contributed by atoms with Gasteiger partial charge >= 0.3 is 0 Å². The molecule has 0 aliphatic heterocycles. The van der Waals surface area contributed by atoms with Crippen LogP contribution in [0.1, 0.15) is 16.7 Å². The minimum Gasteiger partial charge on any atom is -0.261 e. The van der Waals surface area contributed by atoms with Crippen molar-refractivity contribution in [1.29, 1.82) is 0 Å². The van der Waals surface area contributed by atoms with E-state index in [-0.39, 0.29) is 15.6 Å². The van der Waals surface area contributed by atoms with E-state index in [1.165, 1.54) is 12.1 Å². The third-order valence-corrected chi connectivity index (χ3v) is 7.99. The molecule has 164 valence electrons. The Balaban J connectivity index is 1.92. The van der Waals surface area contributed by atoms with Crippen LogP contribution in [-0.2, 0) is 10.0 Å². The summed E-state index contributed by atoms with van der Waals surface area (Å²) in [6.45, 7) is 5.72. The molecule has 4 rings (SSSR count). The highest BCUT2D eigenvalue weighted by Crippen LogP contribution is 2.33. The van der Waals surface area contributed by atoms with Crippen molar-refractivity contribution >= 4 is 67.0 Å². The van der Waals surface area contributed by atoms with Gasteiger partial charge in [0.2, 0.25) is 0 Å². The van der Waals surface area contributed by atoms with Crippen molar-refractivity contribution in [3.8, 4) is 11.3 Å². The van der Waals surface area contributed by atoms with Crippen LogP contribution >= 0.6 is 40.2 Å². The van der Waals surface area contributed by atoms with Gasteiger partial charge < -0.3 is 0 Å². The summed E-state index contributed by atoms with van der Waals surface area (Å²) in [5, 5.41) is 0.445. The number of benzene rings is 3. The molecule has 0 saturated carbocycles. The van der Waals surface area contributed by atoms with Crippen molar-refractivity contribution in [3.05, 3.63) is 74.7 Å². The second kappa shape index (κ2) is 8.67. The number of hydrogen-bond acceptors (Lipinski definition) is 5. The van der Waals surface area contributed by atoms with Crippen LogP contribution in [-0.4, -0.2) is 18.4 Å². The van der Waals surface area contributed by atoms with Crippen molar-refractivity contribution < 1.29 is 8.42 Å². The Labute approximate surface area is 205 Å². The van der Waals surface area contributed by atoms with E-state index in [1.807, 2.05) is 50.2 Å². The molecule has 0 bridgehead atoms. The molecule has 0 fully saturated rings. The highest BCUT2D eigenvalue weighted by molar-refractivity contribution is 9.10. The fourth-order valence-corrected chi connectivity index (χ4v) is 5.47. The molecule has 5 nitrogen and oxygen atoms in total. The fourth-order valence-electron chi connectivity index (χ4n) is 3.23. The molecule has 0 unspecified atom stereocenters. The van der Waals surface area contributed by atoms with Crippen LogP contribution in [0.3, 0.4) is 0 Å². The van der Waals surface area contributed by atoms with E-state index < -0.39 is 10.0 Å². The van der Waals surface area contributed by atoms with Crippen LogP contribution < -0.4 is 4.72 Å². The molecule has 32 heavy (non-hydrogen) atoms. The maximum atomic E-state index is 13.3. The Morgan fingerprint density at radius 3 is 2.12 bits per heavy atom. The Hall–Kier alpha value is -2.13. The van der Waals surface area contributed by atoms with Crippen LogP contribution in [0, 0.1) is 20.8 Å². The lowest BCUT2D eigenvalue weighted by Gasteiger charge is -2.15. The summed E-state index contributed by atoms with van der Waals surface area (Å²) in [7, 11) is -4.01. The molecule has 0 amide bonds.